The van der Waals surface area contributed by atoms with Crippen molar-refractivity contribution in [3.8, 4) is 0 Å². The largest absolute Gasteiger partial charge is 0.378 e. The normalized spacial score (nSPS) is 16.9. The van der Waals surface area contributed by atoms with Crippen LogP contribution >= 0.6 is 0 Å². The zero-order valence-electron chi connectivity index (χ0n) is 11.1. The van der Waals surface area contributed by atoms with Crippen LogP contribution in [0.25, 0.3) is 0 Å². The van der Waals surface area contributed by atoms with Crippen LogP contribution in [0.5, 0.6) is 0 Å². The van der Waals surface area contributed by atoms with Crippen LogP contribution in [0.4, 0.5) is 0 Å². The standard InChI is InChI=1S/C11H23N5O2/c1-9(2)14-11(15-12)13-4-3-10(17)16-5-7-18-8-6-16/h9H,3-8,12H2,1-2H3,(H2,13,14,15). The van der Waals surface area contributed by atoms with E-state index in [1.807, 2.05) is 18.7 Å². The Bertz CT molecular complexity index is 287. The van der Waals surface area contributed by atoms with Gasteiger partial charge in [-0.15, -0.1) is 0 Å². The van der Waals surface area contributed by atoms with Crippen LogP contribution in [0.3, 0.4) is 0 Å². The van der Waals surface area contributed by atoms with Gasteiger partial charge >= 0.3 is 0 Å². The van der Waals surface area contributed by atoms with Crippen LogP contribution in [0.2, 0.25) is 0 Å². The number of hydrazine groups is 1. The lowest BCUT2D eigenvalue weighted by Gasteiger charge is -2.26. The van der Waals surface area contributed by atoms with Gasteiger partial charge in [0.1, 0.15) is 0 Å². The Balaban J connectivity index is 2.30. The lowest BCUT2D eigenvalue weighted by atomic mass is 10.3. The summed E-state index contributed by atoms with van der Waals surface area (Å²) < 4.78 is 5.20. The summed E-state index contributed by atoms with van der Waals surface area (Å²) in [5.41, 5.74) is 2.48. The monoisotopic (exact) mass is 257 g/mol. The van der Waals surface area contributed by atoms with Gasteiger partial charge in [-0.3, -0.25) is 15.2 Å². The number of amides is 1. The molecule has 1 heterocycles. The molecule has 1 aliphatic heterocycles. The molecule has 0 spiro atoms. The third-order valence-corrected chi connectivity index (χ3v) is 2.52. The number of carbonyl (C=O) groups excluding carboxylic acids is 1. The lowest BCUT2D eigenvalue weighted by Crippen LogP contribution is -2.45. The Labute approximate surface area is 108 Å². The molecule has 1 aliphatic rings. The second-order valence-corrected chi connectivity index (χ2v) is 4.42. The minimum absolute atomic E-state index is 0.114. The van der Waals surface area contributed by atoms with Crippen molar-refractivity contribution in [3.05, 3.63) is 0 Å². The quantitative estimate of drug-likeness (QED) is 0.261. The van der Waals surface area contributed by atoms with Crippen molar-refractivity contribution in [3.63, 3.8) is 0 Å². The summed E-state index contributed by atoms with van der Waals surface area (Å²) in [5, 5.41) is 3.05. The van der Waals surface area contributed by atoms with Crippen molar-refractivity contribution in [1.29, 1.82) is 0 Å². The van der Waals surface area contributed by atoms with E-state index in [9.17, 15) is 4.79 Å². The maximum Gasteiger partial charge on any atom is 0.224 e. The number of carbonyl (C=O) groups is 1. The van der Waals surface area contributed by atoms with Gasteiger partial charge in [0.25, 0.3) is 0 Å². The first-order chi connectivity index (χ1) is 8.63. The molecule has 0 radical (unpaired) electrons. The van der Waals surface area contributed by atoms with Gasteiger partial charge < -0.3 is 15.0 Å². The second-order valence-electron chi connectivity index (χ2n) is 4.42. The molecule has 1 rings (SSSR count). The van der Waals surface area contributed by atoms with Crippen LogP contribution in [-0.4, -0.2) is 55.7 Å². The van der Waals surface area contributed by atoms with Crippen LogP contribution in [-0.2, 0) is 9.53 Å². The van der Waals surface area contributed by atoms with Crippen LogP contribution in [0, 0.1) is 0 Å². The van der Waals surface area contributed by atoms with Crippen molar-refractivity contribution in [2.45, 2.75) is 26.3 Å². The molecule has 0 aliphatic carbocycles. The number of rotatable bonds is 4. The fourth-order valence-electron chi connectivity index (χ4n) is 1.64. The van der Waals surface area contributed by atoms with Gasteiger partial charge in [0.2, 0.25) is 11.9 Å². The molecule has 104 valence electrons. The molecule has 0 aromatic carbocycles. The third kappa shape index (κ3) is 5.33. The molecular weight excluding hydrogens is 234 g/mol. The number of guanidine groups is 1. The minimum atomic E-state index is 0.114. The molecule has 7 heteroatoms. The number of nitrogens with zero attached hydrogens (tertiary/aromatic N) is 2. The Morgan fingerprint density at radius 3 is 2.67 bits per heavy atom. The molecule has 0 saturated carbocycles. The molecule has 1 amide bonds. The molecule has 0 unspecified atom stereocenters. The van der Waals surface area contributed by atoms with E-state index in [4.69, 9.17) is 10.6 Å². The van der Waals surface area contributed by atoms with Gasteiger partial charge in [0.05, 0.1) is 19.8 Å². The summed E-state index contributed by atoms with van der Waals surface area (Å²) in [6.45, 7) is 7.01. The number of hydrogen-bond acceptors (Lipinski definition) is 4. The maximum atomic E-state index is 11.8. The molecular formula is C11H23N5O2. The number of nitrogens with one attached hydrogen (secondary N) is 2. The summed E-state index contributed by atoms with van der Waals surface area (Å²) in [6, 6.07) is 0.245. The Kier molecular flexibility index (Phi) is 6.45. The van der Waals surface area contributed by atoms with E-state index in [2.05, 4.69) is 15.7 Å². The van der Waals surface area contributed by atoms with E-state index in [0.29, 0.717) is 45.2 Å². The highest BCUT2D eigenvalue weighted by Gasteiger charge is 2.15. The van der Waals surface area contributed by atoms with Crippen LogP contribution < -0.4 is 16.6 Å². The molecule has 0 aromatic heterocycles. The first-order valence-corrected chi connectivity index (χ1v) is 6.26. The van der Waals surface area contributed by atoms with E-state index in [-0.39, 0.29) is 11.9 Å². The van der Waals surface area contributed by atoms with E-state index in [0.717, 1.165) is 0 Å². The summed E-state index contributed by atoms with van der Waals surface area (Å²) in [4.78, 5) is 17.8. The Morgan fingerprint density at radius 2 is 2.11 bits per heavy atom. The summed E-state index contributed by atoms with van der Waals surface area (Å²) >= 11 is 0. The zero-order valence-corrected chi connectivity index (χ0v) is 11.1. The van der Waals surface area contributed by atoms with E-state index in [1.165, 1.54) is 0 Å². The molecule has 0 aromatic rings. The molecule has 1 fully saturated rings. The third-order valence-electron chi connectivity index (χ3n) is 2.52. The molecule has 4 N–H and O–H groups in total. The molecule has 7 nitrogen and oxygen atoms in total. The summed E-state index contributed by atoms with van der Waals surface area (Å²) in [6.07, 6.45) is 0.394. The maximum absolute atomic E-state index is 11.8. The summed E-state index contributed by atoms with van der Waals surface area (Å²) in [7, 11) is 0. The van der Waals surface area contributed by atoms with Crippen LogP contribution in [0.15, 0.2) is 4.99 Å². The van der Waals surface area contributed by atoms with Gasteiger partial charge in [-0.2, -0.15) is 0 Å². The predicted molar refractivity (Wildman–Crippen MR) is 69.9 cm³/mol. The average molecular weight is 257 g/mol. The number of morpholine rings is 1. The topological polar surface area (TPSA) is 92.0 Å². The van der Waals surface area contributed by atoms with E-state index < -0.39 is 0 Å². The van der Waals surface area contributed by atoms with E-state index in [1.54, 1.807) is 0 Å². The average Bonchev–Trinajstić information content (AvgIpc) is 2.38. The molecule has 18 heavy (non-hydrogen) atoms. The molecule has 1 saturated heterocycles. The minimum Gasteiger partial charge on any atom is -0.378 e. The summed E-state index contributed by atoms with van der Waals surface area (Å²) in [5.74, 6) is 5.95. The van der Waals surface area contributed by atoms with Gasteiger partial charge in [-0.25, -0.2) is 5.84 Å². The molecule has 0 bridgehead atoms. The van der Waals surface area contributed by atoms with Crippen molar-refractivity contribution in [2.75, 3.05) is 32.8 Å². The van der Waals surface area contributed by atoms with Gasteiger partial charge in [-0.05, 0) is 13.8 Å². The highest BCUT2D eigenvalue weighted by molar-refractivity contribution is 5.80. The SMILES string of the molecule is CC(C)NC(=NCCC(=O)N1CCOCC1)NN. The zero-order chi connectivity index (χ0) is 13.4. The van der Waals surface area contributed by atoms with Gasteiger partial charge in [0, 0.05) is 25.6 Å². The fraction of sp³-hybridized carbons (Fsp3) is 0.818. The predicted octanol–water partition coefficient (Wildman–Crippen LogP) is -0.947. The van der Waals surface area contributed by atoms with Gasteiger partial charge in [0.15, 0.2) is 0 Å². The van der Waals surface area contributed by atoms with Crippen molar-refractivity contribution >= 4 is 11.9 Å². The number of ether oxygens (including phenoxy) is 1. The van der Waals surface area contributed by atoms with Gasteiger partial charge in [-0.1, -0.05) is 0 Å². The van der Waals surface area contributed by atoms with Crippen molar-refractivity contribution in [2.24, 2.45) is 10.8 Å². The van der Waals surface area contributed by atoms with Crippen molar-refractivity contribution in [1.82, 2.24) is 15.6 Å². The first-order valence-electron chi connectivity index (χ1n) is 6.26. The fourth-order valence-corrected chi connectivity index (χ4v) is 1.64. The highest BCUT2D eigenvalue weighted by Crippen LogP contribution is 2.00. The molecule has 0 atom stereocenters. The smallest absolute Gasteiger partial charge is 0.224 e. The van der Waals surface area contributed by atoms with Crippen LogP contribution in [0.1, 0.15) is 20.3 Å². The lowest BCUT2D eigenvalue weighted by molar-refractivity contribution is -0.135. The number of nitrogens with two attached hydrogens (primary N) is 1. The highest BCUT2D eigenvalue weighted by atomic mass is 16.5. The second kappa shape index (κ2) is 7.88. The number of hydrogen-bond donors (Lipinski definition) is 3. The first kappa shape index (κ1) is 14.7. The Hall–Kier alpha value is -1.34. The number of aliphatic imine (C=N–C) groups is 1. The van der Waals surface area contributed by atoms with E-state index >= 15 is 0 Å². The van der Waals surface area contributed by atoms with Crippen molar-refractivity contribution < 1.29 is 9.53 Å². The Morgan fingerprint density at radius 1 is 1.44 bits per heavy atom.